The molecule has 0 fully saturated rings. The maximum Gasteiger partial charge on any atom is 0.133 e. The van der Waals surface area contributed by atoms with E-state index in [2.05, 4.69) is 86.2 Å². The summed E-state index contributed by atoms with van der Waals surface area (Å²) >= 11 is 0. The Kier molecular flexibility index (Phi) is 35.6. The molecule has 0 heterocycles. The average Bonchev–Trinajstić information content (AvgIpc) is 3.07. The first-order valence-electron chi connectivity index (χ1n) is 20.3. The van der Waals surface area contributed by atoms with E-state index in [0.717, 1.165) is 103 Å². The van der Waals surface area contributed by atoms with Crippen molar-refractivity contribution in [2.75, 3.05) is 39.8 Å². The topological polar surface area (TPSA) is 64.0 Å². The summed E-state index contributed by atoms with van der Waals surface area (Å²) in [6.07, 6.45) is 41.8. The summed E-state index contributed by atoms with van der Waals surface area (Å²) in [6.45, 7) is 10.5. The highest BCUT2D eigenvalue weighted by Crippen LogP contribution is 2.13. The second-order valence-electron chi connectivity index (χ2n) is 14.0. The maximum absolute atomic E-state index is 12.5. The molecule has 0 saturated carbocycles. The normalized spacial score (nSPS) is 13.8. The second-order valence-corrected chi connectivity index (χ2v) is 14.0. The van der Waals surface area contributed by atoms with E-state index in [9.17, 15) is 15.0 Å². The number of ketones is 1. The van der Waals surface area contributed by atoms with Crippen LogP contribution in [-0.4, -0.2) is 77.8 Å². The molecule has 0 bridgehead atoms. The number of Topliss-reactive ketones (excluding diaryl/α,β-unsaturated/α-hetero) is 1. The van der Waals surface area contributed by atoms with Crippen LogP contribution in [0.25, 0.3) is 0 Å². The van der Waals surface area contributed by atoms with Gasteiger partial charge in [0, 0.05) is 25.9 Å². The molecule has 0 aliphatic heterocycles. The van der Waals surface area contributed by atoms with Crippen LogP contribution in [0.2, 0.25) is 0 Å². The van der Waals surface area contributed by atoms with E-state index in [4.69, 9.17) is 0 Å². The third-order valence-corrected chi connectivity index (χ3v) is 9.14. The lowest BCUT2D eigenvalue weighted by atomic mass is 10.1. The third kappa shape index (κ3) is 34.3. The van der Waals surface area contributed by atoms with Crippen LogP contribution >= 0.6 is 0 Å². The Morgan fingerprint density at radius 1 is 0.562 bits per heavy atom. The number of rotatable bonds is 36. The summed E-state index contributed by atoms with van der Waals surface area (Å²) in [5, 5.41) is 21.7. The quantitative estimate of drug-likeness (QED) is 0.0512. The zero-order valence-electron chi connectivity index (χ0n) is 32.3. The highest BCUT2D eigenvalue weighted by atomic mass is 16.3. The summed E-state index contributed by atoms with van der Waals surface area (Å²) in [5.74, 6) is 0.335. The first kappa shape index (κ1) is 46.5. The van der Waals surface area contributed by atoms with Crippen LogP contribution in [0.1, 0.15) is 168 Å². The van der Waals surface area contributed by atoms with Gasteiger partial charge >= 0.3 is 0 Å². The summed E-state index contributed by atoms with van der Waals surface area (Å²) in [6, 6.07) is 0. The van der Waals surface area contributed by atoms with E-state index in [0.29, 0.717) is 31.7 Å². The summed E-state index contributed by atoms with van der Waals surface area (Å²) < 4.78 is 0. The zero-order chi connectivity index (χ0) is 35.3. The molecular weight excluding hydrogens is 592 g/mol. The van der Waals surface area contributed by atoms with Gasteiger partial charge in [0.05, 0.1) is 12.2 Å². The molecule has 280 valence electrons. The highest BCUT2D eigenvalue weighted by molar-refractivity contribution is 5.78. The monoisotopic (exact) mass is 673 g/mol. The van der Waals surface area contributed by atoms with Gasteiger partial charge in [0.2, 0.25) is 0 Å². The van der Waals surface area contributed by atoms with E-state index in [1.165, 1.54) is 51.4 Å². The molecule has 0 saturated heterocycles. The Morgan fingerprint density at radius 3 is 1.50 bits per heavy atom. The van der Waals surface area contributed by atoms with Crippen molar-refractivity contribution in [2.24, 2.45) is 0 Å². The predicted octanol–water partition coefficient (Wildman–Crippen LogP) is 10.8. The van der Waals surface area contributed by atoms with Crippen molar-refractivity contribution in [3.63, 3.8) is 0 Å². The zero-order valence-corrected chi connectivity index (χ0v) is 32.3. The minimum Gasteiger partial charge on any atom is -0.392 e. The number of aliphatic hydroxyl groups is 2. The number of hydrogen-bond donors (Lipinski definition) is 2. The minimum atomic E-state index is -0.382. The Bertz CT molecular complexity index is 806. The largest absolute Gasteiger partial charge is 0.392 e. The van der Waals surface area contributed by atoms with Crippen molar-refractivity contribution in [1.82, 2.24) is 9.80 Å². The molecule has 0 radical (unpaired) electrons. The average molecular weight is 673 g/mol. The van der Waals surface area contributed by atoms with Crippen LogP contribution in [0.15, 0.2) is 48.6 Å². The number of unbranched alkanes of at least 4 members (excludes halogenated alkanes) is 11. The van der Waals surface area contributed by atoms with Gasteiger partial charge in [-0.05, 0) is 110 Å². The van der Waals surface area contributed by atoms with Gasteiger partial charge in [-0.3, -0.25) is 9.69 Å². The number of hydrogen-bond acceptors (Lipinski definition) is 5. The van der Waals surface area contributed by atoms with Gasteiger partial charge in [-0.1, -0.05) is 121 Å². The molecule has 0 aliphatic carbocycles. The van der Waals surface area contributed by atoms with E-state index < -0.39 is 0 Å². The molecule has 0 spiro atoms. The van der Waals surface area contributed by atoms with Crippen molar-refractivity contribution in [1.29, 1.82) is 0 Å². The van der Waals surface area contributed by atoms with Crippen molar-refractivity contribution < 1.29 is 15.0 Å². The Labute approximate surface area is 299 Å². The first-order chi connectivity index (χ1) is 23.4. The van der Waals surface area contributed by atoms with Crippen LogP contribution in [0.4, 0.5) is 0 Å². The number of carbonyl (C=O) groups is 1. The van der Waals surface area contributed by atoms with Crippen LogP contribution in [0, 0.1) is 0 Å². The maximum atomic E-state index is 12.5. The molecule has 2 N–H and O–H groups in total. The van der Waals surface area contributed by atoms with Crippen LogP contribution in [-0.2, 0) is 4.79 Å². The van der Waals surface area contributed by atoms with Gasteiger partial charge in [-0.25, -0.2) is 0 Å². The molecule has 0 aliphatic rings. The van der Waals surface area contributed by atoms with Gasteiger partial charge in [-0.2, -0.15) is 0 Å². The van der Waals surface area contributed by atoms with Crippen molar-refractivity contribution in [3.8, 4) is 0 Å². The molecule has 0 rings (SSSR count). The van der Waals surface area contributed by atoms with Crippen LogP contribution in [0.5, 0.6) is 0 Å². The van der Waals surface area contributed by atoms with Gasteiger partial charge < -0.3 is 15.1 Å². The molecular formula is C43H80N2O3. The van der Waals surface area contributed by atoms with Gasteiger partial charge in [0.25, 0.3) is 0 Å². The Hall–Kier alpha value is -1.53. The van der Waals surface area contributed by atoms with Gasteiger partial charge in [-0.15, -0.1) is 0 Å². The molecule has 48 heavy (non-hydrogen) atoms. The number of aliphatic hydroxyl groups excluding tert-OH is 2. The first-order valence-corrected chi connectivity index (χ1v) is 20.3. The molecule has 0 aromatic rings. The Morgan fingerprint density at radius 2 is 1.02 bits per heavy atom. The van der Waals surface area contributed by atoms with Crippen molar-refractivity contribution in [3.05, 3.63) is 48.6 Å². The minimum absolute atomic E-state index is 0.335. The van der Waals surface area contributed by atoms with Crippen LogP contribution in [0.3, 0.4) is 0 Å². The standard InChI is InChI=1S/C43H80N2O3/c1-5-8-10-12-14-16-18-19-20-22-24-26-28-30-34-43(48)40-45(38-32-36-41(46)35-31-37-44(4)7-3)39-42(47)33-29-27-25-23-21-17-15-13-11-9-6-2/h9,11,14-17,19-20,42-43,47-48H,5-8,10,12-13,18,21-40H2,1-4H3/b11-9-,16-14-,17-15-,20-19-. The number of nitrogens with zero attached hydrogens (tertiary/aromatic N) is 2. The molecule has 0 aromatic carbocycles. The number of carbonyl (C=O) groups excluding carboxylic acids is 1. The van der Waals surface area contributed by atoms with E-state index >= 15 is 0 Å². The lowest BCUT2D eigenvalue weighted by Gasteiger charge is -2.27. The highest BCUT2D eigenvalue weighted by Gasteiger charge is 2.16. The van der Waals surface area contributed by atoms with Gasteiger partial charge in [0.1, 0.15) is 5.78 Å². The molecule has 2 unspecified atom stereocenters. The molecule has 5 nitrogen and oxygen atoms in total. The lowest BCUT2D eigenvalue weighted by Crippen LogP contribution is -2.39. The van der Waals surface area contributed by atoms with Crippen molar-refractivity contribution >= 4 is 5.78 Å². The fourth-order valence-electron chi connectivity index (χ4n) is 5.93. The lowest BCUT2D eigenvalue weighted by molar-refractivity contribution is -0.119. The smallest absolute Gasteiger partial charge is 0.133 e. The van der Waals surface area contributed by atoms with E-state index in [1.54, 1.807) is 0 Å². The summed E-state index contributed by atoms with van der Waals surface area (Å²) in [7, 11) is 2.10. The van der Waals surface area contributed by atoms with E-state index in [-0.39, 0.29) is 12.2 Å². The second kappa shape index (κ2) is 36.7. The predicted molar refractivity (Wildman–Crippen MR) is 211 cm³/mol. The molecule has 2 atom stereocenters. The fourth-order valence-corrected chi connectivity index (χ4v) is 5.93. The molecule has 0 aromatic heterocycles. The van der Waals surface area contributed by atoms with Crippen LogP contribution < -0.4 is 0 Å². The summed E-state index contributed by atoms with van der Waals surface area (Å²) in [5.41, 5.74) is 0. The number of allylic oxidation sites excluding steroid dienone is 8. The SMILES string of the molecule is CC/C=C\C/C=C\CCCCCCC(O)CN(CCCC(=O)CCCN(C)CC)CC(O)CCCCCC/C=C\C/C=C\CCCCC. The van der Waals surface area contributed by atoms with E-state index in [1.807, 2.05) is 0 Å². The Balaban J connectivity index is 4.40. The summed E-state index contributed by atoms with van der Waals surface area (Å²) in [4.78, 5) is 16.9. The molecule has 5 heteroatoms. The fraction of sp³-hybridized carbons (Fsp3) is 0.791. The third-order valence-electron chi connectivity index (χ3n) is 9.14. The van der Waals surface area contributed by atoms with Gasteiger partial charge in [0.15, 0.2) is 0 Å². The van der Waals surface area contributed by atoms with Crippen molar-refractivity contribution in [2.45, 2.75) is 181 Å². The molecule has 0 amide bonds.